The third-order valence-corrected chi connectivity index (χ3v) is 3.42. The molecule has 1 aliphatic rings. The van der Waals surface area contributed by atoms with E-state index in [0.717, 1.165) is 11.7 Å². The molecule has 0 N–H and O–H groups in total. The maximum absolute atomic E-state index is 4.42. The molecule has 1 nitrogen and oxygen atoms in total. The van der Waals surface area contributed by atoms with Crippen molar-refractivity contribution in [1.29, 1.82) is 0 Å². The molecule has 0 radical (unpaired) electrons. The van der Waals surface area contributed by atoms with E-state index in [9.17, 15) is 0 Å². The number of nitrogens with zero attached hydrogens (tertiary/aromatic N) is 1. The molecule has 1 heterocycles. The molecular formula is C9H13NS2. The number of aromatic nitrogens is 1. The van der Waals surface area contributed by atoms with Crippen LogP contribution < -0.4 is 0 Å². The van der Waals surface area contributed by atoms with Gasteiger partial charge in [0, 0.05) is 10.8 Å². The Bertz CT molecular complexity index is 253. The number of thiazole rings is 1. The van der Waals surface area contributed by atoms with Gasteiger partial charge >= 0.3 is 0 Å². The molecular weight excluding hydrogens is 186 g/mol. The Balaban J connectivity index is 2.03. The summed E-state index contributed by atoms with van der Waals surface area (Å²) in [5.74, 6) is 1.80. The van der Waals surface area contributed by atoms with Crippen LogP contribution in [0.5, 0.6) is 0 Å². The number of hydrogen-bond acceptors (Lipinski definition) is 3. The summed E-state index contributed by atoms with van der Waals surface area (Å²) < 4.78 is 0. The molecule has 0 atom stereocenters. The predicted octanol–water partition coefficient (Wildman–Crippen LogP) is 2.88. The second kappa shape index (κ2) is 3.79. The van der Waals surface area contributed by atoms with E-state index in [0.29, 0.717) is 0 Å². The van der Waals surface area contributed by atoms with E-state index in [1.807, 2.05) is 16.8 Å². The van der Waals surface area contributed by atoms with Crippen molar-refractivity contribution in [2.75, 3.05) is 5.75 Å². The van der Waals surface area contributed by atoms with Gasteiger partial charge in [0.25, 0.3) is 0 Å². The maximum atomic E-state index is 4.42. The van der Waals surface area contributed by atoms with E-state index in [4.69, 9.17) is 0 Å². The maximum Gasteiger partial charge on any atom is 0.0797 e. The second-order valence-electron chi connectivity index (χ2n) is 3.26. The van der Waals surface area contributed by atoms with Crippen LogP contribution in [0.4, 0.5) is 0 Å². The average Bonchev–Trinajstić information content (AvgIpc) is 2.83. The lowest BCUT2D eigenvalue weighted by atomic mass is 10.2. The number of aryl methyl sites for hydroxylation is 1. The summed E-state index contributed by atoms with van der Waals surface area (Å²) in [6.45, 7) is 0. The van der Waals surface area contributed by atoms with Gasteiger partial charge in [-0.05, 0) is 31.4 Å². The van der Waals surface area contributed by atoms with Crippen molar-refractivity contribution in [2.24, 2.45) is 0 Å². The van der Waals surface area contributed by atoms with E-state index in [2.05, 4.69) is 17.6 Å². The van der Waals surface area contributed by atoms with Crippen molar-refractivity contribution in [3.05, 3.63) is 16.1 Å². The van der Waals surface area contributed by atoms with Gasteiger partial charge in [0.05, 0.1) is 11.2 Å². The zero-order valence-electron chi connectivity index (χ0n) is 6.99. The van der Waals surface area contributed by atoms with Crippen molar-refractivity contribution in [3.8, 4) is 0 Å². The molecule has 0 saturated heterocycles. The lowest BCUT2D eigenvalue weighted by molar-refractivity contribution is 0.912. The Morgan fingerprint density at radius 2 is 2.42 bits per heavy atom. The molecule has 0 amide bonds. The van der Waals surface area contributed by atoms with Crippen LogP contribution in [0.25, 0.3) is 0 Å². The standard InChI is InChI=1S/C9H13NS2/c11-5-1-2-8-9(7-3-4-7)10-6-12-8/h6-7,11H,1-5H2. The Labute approximate surface area is 82.6 Å². The van der Waals surface area contributed by atoms with Crippen LogP contribution in [0, 0.1) is 0 Å². The fraction of sp³-hybridized carbons (Fsp3) is 0.667. The zero-order valence-corrected chi connectivity index (χ0v) is 8.70. The first-order valence-corrected chi connectivity index (χ1v) is 5.96. The summed E-state index contributed by atoms with van der Waals surface area (Å²) >= 11 is 6.03. The van der Waals surface area contributed by atoms with Gasteiger partial charge in [-0.25, -0.2) is 4.98 Å². The highest BCUT2D eigenvalue weighted by Gasteiger charge is 2.27. The Kier molecular flexibility index (Phi) is 2.71. The fourth-order valence-electron chi connectivity index (χ4n) is 1.40. The van der Waals surface area contributed by atoms with Crippen LogP contribution in [-0.4, -0.2) is 10.7 Å². The zero-order chi connectivity index (χ0) is 8.39. The highest BCUT2D eigenvalue weighted by atomic mass is 32.1. The molecule has 66 valence electrons. The molecule has 1 aromatic heterocycles. The highest BCUT2D eigenvalue weighted by molar-refractivity contribution is 7.80. The van der Waals surface area contributed by atoms with Gasteiger partial charge in [0.1, 0.15) is 0 Å². The summed E-state index contributed by atoms with van der Waals surface area (Å²) in [6, 6.07) is 0. The van der Waals surface area contributed by atoms with Gasteiger partial charge in [-0.15, -0.1) is 11.3 Å². The fourth-order valence-corrected chi connectivity index (χ4v) is 2.45. The monoisotopic (exact) mass is 199 g/mol. The average molecular weight is 199 g/mol. The summed E-state index contributed by atoms with van der Waals surface area (Å²) in [5.41, 5.74) is 3.38. The van der Waals surface area contributed by atoms with E-state index < -0.39 is 0 Å². The van der Waals surface area contributed by atoms with Crippen molar-refractivity contribution in [3.63, 3.8) is 0 Å². The molecule has 3 heteroatoms. The van der Waals surface area contributed by atoms with Crippen LogP contribution in [-0.2, 0) is 6.42 Å². The molecule has 12 heavy (non-hydrogen) atoms. The lowest BCUT2D eigenvalue weighted by Gasteiger charge is -1.97. The minimum absolute atomic E-state index is 0.811. The van der Waals surface area contributed by atoms with Crippen LogP contribution in [0.3, 0.4) is 0 Å². The quantitative estimate of drug-likeness (QED) is 0.736. The van der Waals surface area contributed by atoms with Gasteiger partial charge in [-0.3, -0.25) is 0 Å². The Hall–Kier alpha value is -0.0200. The number of thiol groups is 1. The third-order valence-electron chi connectivity index (χ3n) is 2.20. The molecule has 1 aliphatic carbocycles. The largest absolute Gasteiger partial charge is 0.249 e. The van der Waals surface area contributed by atoms with Gasteiger partial charge in [-0.2, -0.15) is 12.6 Å². The molecule has 1 saturated carbocycles. The SMILES string of the molecule is SCCCc1scnc1C1CC1. The van der Waals surface area contributed by atoms with E-state index >= 15 is 0 Å². The summed E-state index contributed by atoms with van der Waals surface area (Å²) in [4.78, 5) is 5.93. The van der Waals surface area contributed by atoms with Crippen molar-refractivity contribution in [1.82, 2.24) is 4.98 Å². The predicted molar refractivity (Wildman–Crippen MR) is 56.3 cm³/mol. The summed E-state index contributed by atoms with van der Waals surface area (Å²) in [5, 5.41) is 0. The highest BCUT2D eigenvalue weighted by Crippen LogP contribution is 2.42. The lowest BCUT2D eigenvalue weighted by Crippen LogP contribution is -1.89. The minimum Gasteiger partial charge on any atom is -0.249 e. The first-order chi connectivity index (χ1) is 5.92. The van der Waals surface area contributed by atoms with Crippen molar-refractivity contribution < 1.29 is 0 Å². The smallest absolute Gasteiger partial charge is 0.0797 e. The molecule has 0 bridgehead atoms. The van der Waals surface area contributed by atoms with E-state index in [1.54, 1.807) is 0 Å². The number of rotatable bonds is 4. The van der Waals surface area contributed by atoms with Crippen LogP contribution >= 0.6 is 24.0 Å². The van der Waals surface area contributed by atoms with Crippen LogP contribution in [0.2, 0.25) is 0 Å². The topological polar surface area (TPSA) is 12.9 Å². The normalized spacial score (nSPS) is 16.8. The Morgan fingerprint density at radius 3 is 3.08 bits per heavy atom. The van der Waals surface area contributed by atoms with Crippen molar-refractivity contribution >= 4 is 24.0 Å². The van der Waals surface area contributed by atoms with Crippen LogP contribution in [0.15, 0.2) is 5.51 Å². The molecule has 0 aliphatic heterocycles. The van der Waals surface area contributed by atoms with E-state index in [-0.39, 0.29) is 0 Å². The van der Waals surface area contributed by atoms with Crippen LogP contribution in [0.1, 0.15) is 35.8 Å². The Morgan fingerprint density at radius 1 is 1.58 bits per heavy atom. The molecule has 0 spiro atoms. The molecule has 0 aromatic carbocycles. The number of hydrogen-bond donors (Lipinski definition) is 1. The first kappa shape index (κ1) is 8.57. The van der Waals surface area contributed by atoms with Gasteiger partial charge in [0.15, 0.2) is 0 Å². The molecule has 2 rings (SSSR count). The van der Waals surface area contributed by atoms with Gasteiger partial charge < -0.3 is 0 Å². The summed E-state index contributed by atoms with van der Waals surface area (Å²) in [6.07, 6.45) is 5.08. The molecule has 0 unspecified atom stereocenters. The molecule has 1 fully saturated rings. The summed E-state index contributed by atoms with van der Waals surface area (Å²) in [7, 11) is 0. The van der Waals surface area contributed by atoms with E-state index in [1.165, 1.54) is 36.3 Å². The molecule has 1 aromatic rings. The second-order valence-corrected chi connectivity index (χ2v) is 4.65. The van der Waals surface area contributed by atoms with Gasteiger partial charge in [0.2, 0.25) is 0 Å². The first-order valence-electron chi connectivity index (χ1n) is 4.45. The van der Waals surface area contributed by atoms with Crippen molar-refractivity contribution in [2.45, 2.75) is 31.6 Å². The van der Waals surface area contributed by atoms with Gasteiger partial charge in [-0.1, -0.05) is 0 Å². The third kappa shape index (κ3) is 1.83. The minimum atomic E-state index is 0.811.